The van der Waals surface area contributed by atoms with Crippen molar-refractivity contribution in [1.29, 1.82) is 0 Å². The van der Waals surface area contributed by atoms with Crippen LogP contribution in [0.1, 0.15) is 28.6 Å². The normalized spacial score (nSPS) is 18.8. The number of amides is 1. The lowest BCUT2D eigenvalue weighted by Crippen LogP contribution is -2.40. The Balaban J connectivity index is 1.92. The van der Waals surface area contributed by atoms with Crippen molar-refractivity contribution in [2.75, 3.05) is 18.1 Å². The van der Waals surface area contributed by atoms with Crippen LogP contribution in [-0.2, 0) is 16.4 Å². The summed E-state index contributed by atoms with van der Waals surface area (Å²) in [6, 6.07) is 6.90. The van der Waals surface area contributed by atoms with Crippen molar-refractivity contribution >= 4 is 27.1 Å². The van der Waals surface area contributed by atoms with Gasteiger partial charge in [-0.25, -0.2) is 13.4 Å². The lowest BCUT2D eigenvalue weighted by molar-refractivity contribution is 0.0678. The Morgan fingerprint density at radius 3 is 2.88 bits per heavy atom. The van der Waals surface area contributed by atoms with E-state index in [9.17, 15) is 13.2 Å². The van der Waals surface area contributed by atoms with Crippen molar-refractivity contribution in [3.8, 4) is 5.88 Å². The first-order valence-corrected chi connectivity index (χ1v) is 10.8. The number of hydrogen-bond acceptors (Lipinski definition) is 6. The van der Waals surface area contributed by atoms with Crippen LogP contribution in [0.5, 0.6) is 5.88 Å². The summed E-state index contributed by atoms with van der Waals surface area (Å²) in [4.78, 5) is 20.0. The average Bonchev–Trinajstić information content (AvgIpc) is 3.22. The Labute approximate surface area is 151 Å². The molecular weight excluding hydrogens is 360 g/mol. The quantitative estimate of drug-likeness (QED) is 0.769. The van der Waals surface area contributed by atoms with Crippen LogP contribution >= 0.6 is 11.3 Å². The molecule has 25 heavy (non-hydrogen) atoms. The third kappa shape index (κ3) is 4.19. The molecule has 1 saturated heterocycles. The smallest absolute Gasteiger partial charge is 0.259 e. The second kappa shape index (κ2) is 7.53. The zero-order valence-corrected chi connectivity index (χ0v) is 15.6. The fourth-order valence-electron chi connectivity index (χ4n) is 2.92. The number of sulfone groups is 1. The van der Waals surface area contributed by atoms with Gasteiger partial charge in [-0.05, 0) is 36.9 Å². The number of carbonyl (C=O) groups is 1. The molecule has 0 spiro atoms. The number of rotatable bonds is 6. The van der Waals surface area contributed by atoms with Gasteiger partial charge in [0.05, 0.1) is 24.7 Å². The van der Waals surface area contributed by atoms with Gasteiger partial charge in [0, 0.05) is 17.1 Å². The van der Waals surface area contributed by atoms with Gasteiger partial charge in [0.25, 0.3) is 5.91 Å². The summed E-state index contributed by atoms with van der Waals surface area (Å²) in [5, 5.41) is 1.94. The Kier molecular flexibility index (Phi) is 5.39. The SMILES string of the molecule is CCOc1ncccc1C(=O)N(Cc1cccs1)[C@@H]1CCS(=O)(=O)C1. The molecule has 0 saturated carbocycles. The summed E-state index contributed by atoms with van der Waals surface area (Å²) >= 11 is 1.55. The zero-order valence-electron chi connectivity index (χ0n) is 13.9. The van der Waals surface area contributed by atoms with Crippen molar-refractivity contribution in [3.05, 3.63) is 46.3 Å². The van der Waals surface area contributed by atoms with Crippen LogP contribution in [0.15, 0.2) is 35.8 Å². The number of thiophene rings is 1. The first-order valence-electron chi connectivity index (χ1n) is 8.12. The zero-order chi connectivity index (χ0) is 17.9. The minimum atomic E-state index is -3.09. The molecule has 6 nitrogen and oxygen atoms in total. The van der Waals surface area contributed by atoms with Crippen molar-refractivity contribution in [3.63, 3.8) is 0 Å². The maximum Gasteiger partial charge on any atom is 0.259 e. The molecule has 134 valence electrons. The Hall–Kier alpha value is -1.93. The molecule has 2 aromatic rings. The van der Waals surface area contributed by atoms with Gasteiger partial charge in [0.15, 0.2) is 9.84 Å². The van der Waals surface area contributed by atoms with Gasteiger partial charge >= 0.3 is 0 Å². The number of carbonyl (C=O) groups excluding carboxylic acids is 1. The van der Waals surface area contributed by atoms with Crippen molar-refractivity contribution in [1.82, 2.24) is 9.88 Å². The predicted molar refractivity (Wildman–Crippen MR) is 96.7 cm³/mol. The van der Waals surface area contributed by atoms with E-state index in [1.165, 1.54) is 0 Å². The minimum Gasteiger partial charge on any atom is -0.477 e. The van der Waals surface area contributed by atoms with Crippen molar-refractivity contribution in [2.24, 2.45) is 0 Å². The fraction of sp³-hybridized carbons (Fsp3) is 0.412. The molecule has 1 fully saturated rings. The molecule has 1 aliphatic rings. The van der Waals surface area contributed by atoms with E-state index in [1.807, 2.05) is 24.4 Å². The van der Waals surface area contributed by atoms with Gasteiger partial charge in [-0.3, -0.25) is 4.79 Å². The molecule has 0 aliphatic carbocycles. The molecule has 8 heteroatoms. The van der Waals surface area contributed by atoms with E-state index in [-0.39, 0.29) is 29.3 Å². The Bertz CT molecular complexity index is 834. The van der Waals surface area contributed by atoms with Crippen LogP contribution < -0.4 is 4.74 Å². The van der Waals surface area contributed by atoms with Crippen LogP contribution in [0, 0.1) is 0 Å². The number of pyridine rings is 1. The first-order chi connectivity index (χ1) is 12.0. The highest BCUT2D eigenvalue weighted by Gasteiger charge is 2.36. The largest absolute Gasteiger partial charge is 0.477 e. The molecule has 2 aromatic heterocycles. The summed E-state index contributed by atoms with van der Waals surface area (Å²) in [6.07, 6.45) is 2.04. The van der Waals surface area contributed by atoms with Gasteiger partial charge in [-0.1, -0.05) is 6.07 Å². The van der Waals surface area contributed by atoms with E-state index in [0.29, 0.717) is 25.1 Å². The highest BCUT2D eigenvalue weighted by Crippen LogP contribution is 2.26. The third-order valence-electron chi connectivity index (χ3n) is 4.10. The van der Waals surface area contributed by atoms with E-state index in [4.69, 9.17) is 4.74 Å². The first kappa shape index (κ1) is 17.9. The highest BCUT2D eigenvalue weighted by atomic mass is 32.2. The monoisotopic (exact) mass is 380 g/mol. The molecule has 0 bridgehead atoms. The molecule has 1 aliphatic heterocycles. The van der Waals surface area contributed by atoms with Crippen molar-refractivity contribution in [2.45, 2.75) is 25.9 Å². The second-order valence-electron chi connectivity index (χ2n) is 5.86. The van der Waals surface area contributed by atoms with E-state index < -0.39 is 9.84 Å². The van der Waals surface area contributed by atoms with Gasteiger partial charge in [0.1, 0.15) is 5.56 Å². The highest BCUT2D eigenvalue weighted by molar-refractivity contribution is 7.91. The second-order valence-corrected chi connectivity index (χ2v) is 9.12. The molecule has 1 amide bonds. The predicted octanol–water partition coefficient (Wildman–Crippen LogP) is 2.37. The summed E-state index contributed by atoms with van der Waals surface area (Å²) in [5.74, 6) is 0.171. The topological polar surface area (TPSA) is 76.6 Å². The van der Waals surface area contributed by atoms with Crippen LogP contribution in [0.3, 0.4) is 0 Å². The molecule has 0 N–H and O–H groups in total. The minimum absolute atomic E-state index is 0.00828. The summed E-state index contributed by atoms with van der Waals surface area (Å²) in [6.45, 7) is 2.62. The van der Waals surface area contributed by atoms with Crippen LogP contribution in [0.4, 0.5) is 0 Å². The number of ether oxygens (including phenoxy) is 1. The number of nitrogens with zero attached hydrogens (tertiary/aromatic N) is 2. The summed E-state index contributed by atoms with van der Waals surface area (Å²) < 4.78 is 29.3. The average molecular weight is 380 g/mol. The Morgan fingerprint density at radius 2 is 2.24 bits per heavy atom. The summed E-state index contributed by atoms with van der Waals surface area (Å²) in [5.41, 5.74) is 0.366. The van der Waals surface area contributed by atoms with Crippen LogP contribution in [-0.4, -0.2) is 48.4 Å². The van der Waals surface area contributed by atoms with E-state index >= 15 is 0 Å². The van der Waals surface area contributed by atoms with Gasteiger partial charge in [-0.15, -0.1) is 11.3 Å². The molecule has 0 unspecified atom stereocenters. The van der Waals surface area contributed by atoms with Crippen LogP contribution in [0.2, 0.25) is 0 Å². The maximum absolute atomic E-state index is 13.2. The molecule has 3 heterocycles. The maximum atomic E-state index is 13.2. The van der Waals surface area contributed by atoms with Crippen molar-refractivity contribution < 1.29 is 17.9 Å². The van der Waals surface area contributed by atoms with Crippen LogP contribution in [0.25, 0.3) is 0 Å². The van der Waals surface area contributed by atoms with Gasteiger partial charge in [-0.2, -0.15) is 0 Å². The summed E-state index contributed by atoms with van der Waals surface area (Å²) in [7, 11) is -3.09. The lowest BCUT2D eigenvalue weighted by Gasteiger charge is -2.28. The fourth-order valence-corrected chi connectivity index (χ4v) is 5.35. The molecule has 0 aromatic carbocycles. The lowest BCUT2D eigenvalue weighted by atomic mass is 10.1. The molecule has 3 rings (SSSR count). The van der Waals surface area contributed by atoms with E-state index in [2.05, 4.69) is 4.98 Å². The third-order valence-corrected chi connectivity index (χ3v) is 6.71. The molecule has 1 atom stereocenters. The molecule has 0 radical (unpaired) electrons. The number of aromatic nitrogens is 1. The van der Waals surface area contributed by atoms with Gasteiger partial charge in [0.2, 0.25) is 5.88 Å². The standard InChI is InChI=1S/C17H20N2O4S2/c1-2-23-16-15(6-3-8-18-16)17(20)19(11-14-5-4-9-24-14)13-7-10-25(21,22)12-13/h3-6,8-9,13H,2,7,10-12H2,1H3/t13-/m1/s1. The molecular formula is C17H20N2O4S2. The van der Waals surface area contributed by atoms with Gasteiger partial charge < -0.3 is 9.64 Å². The Morgan fingerprint density at radius 1 is 1.40 bits per heavy atom. The van der Waals surface area contributed by atoms with E-state index in [1.54, 1.807) is 34.6 Å². The number of hydrogen-bond donors (Lipinski definition) is 0. The van der Waals surface area contributed by atoms with E-state index in [0.717, 1.165) is 4.88 Å².